The van der Waals surface area contributed by atoms with Gasteiger partial charge in [-0.2, -0.15) is 0 Å². The van der Waals surface area contributed by atoms with Gasteiger partial charge in [-0.3, -0.25) is 9.59 Å². The number of carbonyl (C=O) groups is 3. The van der Waals surface area contributed by atoms with Gasteiger partial charge in [-0.05, 0) is 30.6 Å². The smallest absolute Gasteiger partial charge is 0.331 e. The number of carbonyl (C=O) groups excluding carboxylic acids is 1. The van der Waals surface area contributed by atoms with Crippen molar-refractivity contribution in [3.8, 4) is 0 Å². The number of hydrogen-bond donors (Lipinski definition) is 2. The van der Waals surface area contributed by atoms with Gasteiger partial charge in [0.25, 0.3) is 0 Å². The molecular weight excluding hydrogens is 260 g/mol. The second kappa shape index (κ2) is 5.38. The normalized spacial score (nSPS) is 33.5. The summed E-state index contributed by atoms with van der Waals surface area (Å²) in [5, 5.41) is 18.4. The molecule has 2 aliphatic carbocycles. The van der Waals surface area contributed by atoms with E-state index in [-0.39, 0.29) is 29.6 Å². The van der Waals surface area contributed by atoms with Gasteiger partial charge in [0.1, 0.15) is 5.78 Å². The van der Waals surface area contributed by atoms with E-state index in [0.717, 1.165) is 6.42 Å². The van der Waals surface area contributed by atoms with Crippen molar-refractivity contribution in [1.82, 2.24) is 0 Å². The van der Waals surface area contributed by atoms with E-state index >= 15 is 0 Å². The van der Waals surface area contributed by atoms with Crippen LogP contribution < -0.4 is 0 Å². The van der Waals surface area contributed by atoms with Crippen LogP contribution in [0.3, 0.4) is 0 Å². The van der Waals surface area contributed by atoms with Crippen molar-refractivity contribution in [2.45, 2.75) is 33.1 Å². The van der Waals surface area contributed by atoms with Crippen LogP contribution in [0.25, 0.3) is 0 Å². The lowest BCUT2D eigenvalue weighted by Crippen LogP contribution is -2.45. The molecule has 2 aliphatic rings. The van der Waals surface area contributed by atoms with Gasteiger partial charge >= 0.3 is 11.9 Å². The van der Waals surface area contributed by atoms with Crippen molar-refractivity contribution in [3.05, 3.63) is 11.6 Å². The second-order valence-corrected chi connectivity index (χ2v) is 6.17. The molecule has 2 N–H and O–H groups in total. The van der Waals surface area contributed by atoms with E-state index in [9.17, 15) is 19.5 Å². The number of hydrogen-bond acceptors (Lipinski definition) is 3. The molecule has 0 aromatic carbocycles. The summed E-state index contributed by atoms with van der Waals surface area (Å²) >= 11 is 0. The molecule has 0 saturated heterocycles. The second-order valence-electron chi connectivity index (χ2n) is 6.17. The van der Waals surface area contributed by atoms with E-state index in [1.54, 1.807) is 6.08 Å². The molecule has 20 heavy (non-hydrogen) atoms. The summed E-state index contributed by atoms with van der Waals surface area (Å²) < 4.78 is 0. The van der Waals surface area contributed by atoms with E-state index in [4.69, 9.17) is 5.11 Å². The Balaban J connectivity index is 2.42. The van der Waals surface area contributed by atoms with Crippen molar-refractivity contribution in [2.24, 2.45) is 29.6 Å². The zero-order valence-electron chi connectivity index (χ0n) is 11.7. The molecule has 110 valence electrons. The minimum absolute atomic E-state index is 0.118. The van der Waals surface area contributed by atoms with Gasteiger partial charge in [-0.15, -0.1) is 0 Å². The molecule has 0 amide bonds. The minimum atomic E-state index is -1.07. The van der Waals surface area contributed by atoms with Gasteiger partial charge < -0.3 is 10.2 Å². The summed E-state index contributed by atoms with van der Waals surface area (Å²) in [7, 11) is 0. The standard InChI is InChI=1S/C15H20O5/c1-7(2)9-3-4-10(15(19)20)13-11(9)5-8(14(17)18)6-12(13)16/h5,7,9-11,13H,3-4,6H2,1-2H3,(H,17,18)(H,19,20). The van der Waals surface area contributed by atoms with Crippen LogP contribution in [0.5, 0.6) is 0 Å². The summed E-state index contributed by atoms with van der Waals surface area (Å²) in [4.78, 5) is 34.7. The number of carboxylic acids is 2. The molecule has 4 atom stereocenters. The SMILES string of the molecule is CC(C)C1CCC(C(=O)O)C2C(=O)CC(C(=O)O)=CC12. The Bertz CT molecular complexity index is 477. The highest BCUT2D eigenvalue weighted by atomic mass is 16.4. The molecule has 0 bridgehead atoms. The average Bonchev–Trinajstić information content (AvgIpc) is 2.36. The molecule has 0 spiro atoms. The first-order valence-corrected chi connectivity index (χ1v) is 7.02. The molecule has 5 nitrogen and oxygen atoms in total. The van der Waals surface area contributed by atoms with Crippen LogP contribution in [0.15, 0.2) is 11.6 Å². The molecular formula is C15H20O5. The molecule has 1 fully saturated rings. The highest BCUT2D eigenvalue weighted by Gasteiger charge is 2.48. The number of allylic oxidation sites excluding steroid dienone is 1. The van der Waals surface area contributed by atoms with Crippen LogP contribution in [0.2, 0.25) is 0 Å². The maximum atomic E-state index is 12.3. The molecule has 4 unspecified atom stereocenters. The van der Waals surface area contributed by atoms with Crippen molar-refractivity contribution in [1.29, 1.82) is 0 Å². The minimum Gasteiger partial charge on any atom is -0.481 e. The summed E-state index contributed by atoms with van der Waals surface area (Å²) in [6.45, 7) is 4.08. The van der Waals surface area contributed by atoms with Gasteiger partial charge in [-0.1, -0.05) is 19.9 Å². The average molecular weight is 280 g/mol. The van der Waals surface area contributed by atoms with E-state index in [2.05, 4.69) is 0 Å². The van der Waals surface area contributed by atoms with E-state index in [0.29, 0.717) is 12.3 Å². The third-order valence-corrected chi connectivity index (χ3v) is 4.73. The fourth-order valence-corrected chi connectivity index (χ4v) is 3.74. The molecule has 5 heteroatoms. The first kappa shape index (κ1) is 14.8. The van der Waals surface area contributed by atoms with Crippen LogP contribution in [0, 0.1) is 29.6 Å². The Morgan fingerprint density at radius 2 is 1.90 bits per heavy atom. The van der Waals surface area contributed by atoms with Crippen molar-refractivity contribution in [2.75, 3.05) is 0 Å². The molecule has 0 radical (unpaired) electrons. The number of fused-ring (bicyclic) bond motifs is 1. The van der Waals surface area contributed by atoms with Gasteiger partial charge in [0.2, 0.25) is 0 Å². The lowest BCUT2D eigenvalue weighted by Gasteiger charge is -2.43. The zero-order valence-corrected chi connectivity index (χ0v) is 11.7. The Morgan fingerprint density at radius 1 is 1.25 bits per heavy atom. The number of rotatable bonds is 3. The molecule has 0 aromatic rings. The van der Waals surface area contributed by atoms with Gasteiger partial charge in [-0.25, -0.2) is 4.79 Å². The zero-order chi connectivity index (χ0) is 15.0. The Labute approximate surface area is 117 Å². The molecule has 0 heterocycles. The quantitative estimate of drug-likeness (QED) is 0.824. The van der Waals surface area contributed by atoms with Crippen LogP contribution in [0.4, 0.5) is 0 Å². The highest BCUT2D eigenvalue weighted by Crippen LogP contribution is 2.46. The predicted molar refractivity (Wildman–Crippen MR) is 71.0 cm³/mol. The Kier molecular flexibility index (Phi) is 3.97. The van der Waals surface area contributed by atoms with Crippen LogP contribution >= 0.6 is 0 Å². The van der Waals surface area contributed by atoms with Crippen LogP contribution in [0.1, 0.15) is 33.1 Å². The van der Waals surface area contributed by atoms with Gasteiger partial charge in [0.05, 0.1) is 5.92 Å². The number of carboxylic acid groups (broad SMARTS) is 2. The maximum absolute atomic E-state index is 12.3. The van der Waals surface area contributed by atoms with Crippen LogP contribution in [-0.2, 0) is 14.4 Å². The lowest BCUT2D eigenvalue weighted by molar-refractivity contribution is -0.151. The lowest BCUT2D eigenvalue weighted by atomic mass is 9.59. The number of aliphatic carboxylic acids is 2. The topological polar surface area (TPSA) is 91.7 Å². The maximum Gasteiger partial charge on any atom is 0.331 e. The summed E-state index contributed by atoms with van der Waals surface area (Å²) in [5.41, 5.74) is 0.118. The molecule has 1 saturated carbocycles. The van der Waals surface area contributed by atoms with E-state index in [1.165, 1.54) is 0 Å². The van der Waals surface area contributed by atoms with Crippen LogP contribution in [-0.4, -0.2) is 27.9 Å². The number of ketones is 1. The summed E-state index contributed by atoms with van der Waals surface area (Å²) in [6, 6.07) is 0. The third kappa shape index (κ3) is 2.49. The van der Waals surface area contributed by atoms with E-state index in [1.807, 2.05) is 13.8 Å². The summed E-state index contributed by atoms with van der Waals surface area (Å²) in [6.07, 6.45) is 2.73. The van der Waals surface area contributed by atoms with Crippen molar-refractivity contribution in [3.63, 3.8) is 0 Å². The van der Waals surface area contributed by atoms with E-state index < -0.39 is 23.8 Å². The fourth-order valence-electron chi connectivity index (χ4n) is 3.74. The monoisotopic (exact) mass is 280 g/mol. The molecule has 2 rings (SSSR count). The summed E-state index contributed by atoms with van der Waals surface area (Å²) in [5.74, 6) is -3.25. The molecule has 0 aromatic heterocycles. The Hall–Kier alpha value is -1.65. The molecule has 0 aliphatic heterocycles. The van der Waals surface area contributed by atoms with Gasteiger partial charge in [0, 0.05) is 17.9 Å². The largest absolute Gasteiger partial charge is 0.481 e. The number of Topliss-reactive ketones (excluding diaryl/α,β-unsaturated/α-hetero) is 1. The fraction of sp³-hybridized carbons (Fsp3) is 0.667. The first-order valence-electron chi connectivity index (χ1n) is 7.02. The Morgan fingerprint density at radius 3 is 2.40 bits per heavy atom. The first-order chi connectivity index (χ1) is 9.32. The third-order valence-electron chi connectivity index (χ3n) is 4.73. The van der Waals surface area contributed by atoms with Crippen molar-refractivity contribution >= 4 is 17.7 Å². The van der Waals surface area contributed by atoms with Gasteiger partial charge in [0.15, 0.2) is 0 Å². The predicted octanol–water partition coefficient (Wildman–Crippen LogP) is 1.97. The highest BCUT2D eigenvalue weighted by molar-refractivity contribution is 5.98. The van der Waals surface area contributed by atoms with Crippen molar-refractivity contribution < 1.29 is 24.6 Å².